The van der Waals surface area contributed by atoms with E-state index in [-0.39, 0.29) is 26.2 Å². The molecule has 0 bridgehead atoms. The maximum absolute atomic E-state index is 2.20. The van der Waals surface area contributed by atoms with Crippen LogP contribution < -0.4 is 0 Å². The number of hydrogen-bond acceptors (Lipinski definition) is 0. The molecule has 0 spiro atoms. The standard InChI is InChI=1S/C8H11.Zr/c1-7(2)8-5-3-4-6-8;/h3-7H,1-2H3;/q-1;. The predicted molar refractivity (Wildman–Crippen MR) is 36.1 cm³/mol. The van der Waals surface area contributed by atoms with Crippen molar-refractivity contribution in [2.75, 3.05) is 0 Å². The zero-order valence-corrected chi connectivity index (χ0v) is 8.34. The molecule has 48 valence electrons. The average molecular weight is 198 g/mol. The predicted octanol–water partition coefficient (Wildman–Crippen LogP) is 2.53. The summed E-state index contributed by atoms with van der Waals surface area (Å²) in [5.74, 6) is 0.685. The second-order valence-corrected chi connectivity index (χ2v) is 2.37. The first-order chi connectivity index (χ1) is 3.80. The van der Waals surface area contributed by atoms with E-state index in [4.69, 9.17) is 0 Å². The van der Waals surface area contributed by atoms with Crippen LogP contribution in [-0.4, -0.2) is 0 Å². The monoisotopic (exact) mass is 197 g/mol. The molecular formula is C8H11Zr-. The van der Waals surface area contributed by atoms with Gasteiger partial charge in [0.2, 0.25) is 0 Å². The molecule has 0 aromatic heterocycles. The van der Waals surface area contributed by atoms with Gasteiger partial charge in [-0.05, 0) is 0 Å². The van der Waals surface area contributed by atoms with Crippen molar-refractivity contribution in [3.8, 4) is 0 Å². The van der Waals surface area contributed by atoms with Crippen LogP contribution in [0.25, 0.3) is 0 Å². The van der Waals surface area contributed by atoms with Gasteiger partial charge in [-0.25, -0.2) is 6.07 Å². The summed E-state index contributed by atoms with van der Waals surface area (Å²) >= 11 is 0. The molecular weight excluding hydrogens is 187 g/mol. The van der Waals surface area contributed by atoms with Crippen molar-refractivity contribution >= 4 is 0 Å². The third-order valence-corrected chi connectivity index (χ3v) is 1.36. The summed E-state index contributed by atoms with van der Waals surface area (Å²) in [6.07, 6.45) is 0. The van der Waals surface area contributed by atoms with Gasteiger partial charge in [-0.15, -0.1) is 0 Å². The minimum Gasteiger partial charge on any atom is -0.210 e. The van der Waals surface area contributed by atoms with Crippen LogP contribution in [0.1, 0.15) is 25.3 Å². The molecule has 0 atom stereocenters. The second kappa shape index (κ2) is 4.11. The number of rotatable bonds is 1. The second-order valence-electron chi connectivity index (χ2n) is 2.37. The van der Waals surface area contributed by atoms with Gasteiger partial charge in [0.1, 0.15) is 0 Å². The molecule has 0 radical (unpaired) electrons. The first kappa shape index (κ1) is 9.23. The molecule has 0 N–H and O–H groups in total. The summed E-state index contributed by atoms with van der Waals surface area (Å²) in [5, 5.41) is 0. The van der Waals surface area contributed by atoms with Crippen molar-refractivity contribution in [1.29, 1.82) is 0 Å². The van der Waals surface area contributed by atoms with E-state index in [1.165, 1.54) is 5.56 Å². The third-order valence-electron chi connectivity index (χ3n) is 1.36. The van der Waals surface area contributed by atoms with Crippen LogP contribution in [0, 0.1) is 0 Å². The summed E-state index contributed by atoms with van der Waals surface area (Å²) in [4.78, 5) is 0. The molecule has 0 amide bonds. The van der Waals surface area contributed by atoms with E-state index in [1.54, 1.807) is 0 Å². The molecule has 0 unspecified atom stereocenters. The van der Waals surface area contributed by atoms with Gasteiger partial charge in [0.15, 0.2) is 0 Å². The van der Waals surface area contributed by atoms with Gasteiger partial charge in [-0.1, -0.05) is 19.8 Å². The molecule has 0 saturated carbocycles. The maximum Gasteiger partial charge on any atom is 0 e. The van der Waals surface area contributed by atoms with Crippen LogP contribution in [0.3, 0.4) is 0 Å². The quantitative estimate of drug-likeness (QED) is 0.608. The first-order valence-corrected chi connectivity index (χ1v) is 3.02. The Balaban J connectivity index is 0.000000640. The first-order valence-electron chi connectivity index (χ1n) is 3.02. The molecule has 0 fully saturated rings. The van der Waals surface area contributed by atoms with E-state index in [0.717, 1.165) is 0 Å². The van der Waals surface area contributed by atoms with Gasteiger partial charge in [-0.3, -0.25) is 0 Å². The summed E-state index contributed by atoms with van der Waals surface area (Å²) < 4.78 is 0. The van der Waals surface area contributed by atoms with Crippen LogP contribution in [0.5, 0.6) is 0 Å². The SMILES string of the molecule is CC(C)c1cc[cH-]c1.[Zr]. The molecule has 0 saturated heterocycles. The fourth-order valence-corrected chi connectivity index (χ4v) is 0.774. The Hall–Kier alpha value is 0.233. The topological polar surface area (TPSA) is 0 Å². The van der Waals surface area contributed by atoms with E-state index in [2.05, 4.69) is 38.1 Å². The summed E-state index contributed by atoms with van der Waals surface area (Å²) in [6, 6.07) is 8.47. The Kier molecular flexibility index (Phi) is 4.22. The van der Waals surface area contributed by atoms with Crippen LogP contribution in [0.15, 0.2) is 24.3 Å². The average Bonchev–Trinajstić information content (AvgIpc) is 2.12. The zero-order valence-electron chi connectivity index (χ0n) is 5.89. The molecule has 1 aromatic rings. The summed E-state index contributed by atoms with van der Waals surface area (Å²) in [6.45, 7) is 4.41. The molecule has 1 rings (SSSR count). The maximum atomic E-state index is 2.20. The van der Waals surface area contributed by atoms with Gasteiger partial charge < -0.3 is 0 Å². The molecule has 1 aromatic carbocycles. The van der Waals surface area contributed by atoms with E-state index in [1.807, 2.05) is 0 Å². The van der Waals surface area contributed by atoms with Gasteiger partial charge in [0.05, 0.1) is 0 Å². The smallest absolute Gasteiger partial charge is 0 e. The van der Waals surface area contributed by atoms with Crippen LogP contribution in [0.4, 0.5) is 0 Å². The van der Waals surface area contributed by atoms with Gasteiger partial charge >= 0.3 is 0 Å². The normalized spacial score (nSPS) is 9.22. The van der Waals surface area contributed by atoms with Crippen LogP contribution in [-0.2, 0) is 26.2 Å². The fraction of sp³-hybridized carbons (Fsp3) is 0.375. The van der Waals surface area contributed by atoms with E-state index >= 15 is 0 Å². The molecule has 0 heterocycles. The Labute approximate surface area is 75.8 Å². The van der Waals surface area contributed by atoms with Crippen molar-refractivity contribution in [3.63, 3.8) is 0 Å². The van der Waals surface area contributed by atoms with Crippen molar-refractivity contribution in [1.82, 2.24) is 0 Å². The largest absolute Gasteiger partial charge is 0.210 e. The Morgan fingerprint density at radius 3 is 2.33 bits per heavy atom. The minimum atomic E-state index is 0. The molecule has 1 heteroatoms. The van der Waals surface area contributed by atoms with Crippen molar-refractivity contribution in [2.45, 2.75) is 19.8 Å². The molecule has 9 heavy (non-hydrogen) atoms. The third kappa shape index (κ3) is 2.53. The molecule has 0 nitrogen and oxygen atoms in total. The van der Waals surface area contributed by atoms with Crippen LogP contribution >= 0.6 is 0 Å². The van der Waals surface area contributed by atoms with E-state index in [9.17, 15) is 0 Å². The number of hydrogen-bond donors (Lipinski definition) is 0. The Morgan fingerprint density at radius 2 is 2.11 bits per heavy atom. The molecule has 0 aliphatic carbocycles. The summed E-state index contributed by atoms with van der Waals surface area (Å²) in [5.41, 5.74) is 1.44. The minimum absolute atomic E-state index is 0. The van der Waals surface area contributed by atoms with Crippen LogP contribution in [0.2, 0.25) is 0 Å². The van der Waals surface area contributed by atoms with E-state index < -0.39 is 0 Å². The fourth-order valence-electron chi connectivity index (χ4n) is 0.774. The summed E-state index contributed by atoms with van der Waals surface area (Å²) in [7, 11) is 0. The van der Waals surface area contributed by atoms with E-state index in [0.29, 0.717) is 5.92 Å². The molecule has 0 aliphatic rings. The van der Waals surface area contributed by atoms with Crippen molar-refractivity contribution < 1.29 is 26.2 Å². The van der Waals surface area contributed by atoms with Gasteiger partial charge in [0, 0.05) is 26.2 Å². The van der Waals surface area contributed by atoms with Gasteiger partial charge in [-0.2, -0.15) is 23.8 Å². The van der Waals surface area contributed by atoms with Crippen molar-refractivity contribution in [2.24, 2.45) is 0 Å². The van der Waals surface area contributed by atoms with Crippen molar-refractivity contribution in [3.05, 3.63) is 29.8 Å². The Morgan fingerprint density at radius 1 is 1.44 bits per heavy atom. The van der Waals surface area contributed by atoms with Gasteiger partial charge in [0.25, 0.3) is 0 Å². The Bertz CT molecular complexity index is 140. The zero-order chi connectivity index (χ0) is 5.98. The molecule has 0 aliphatic heterocycles.